The molecule has 1 aromatic heterocycles. The van der Waals surface area contributed by atoms with Gasteiger partial charge in [0.25, 0.3) is 0 Å². The molecule has 6 rings (SSSR count). The first kappa shape index (κ1) is 25.5. The van der Waals surface area contributed by atoms with Crippen molar-refractivity contribution in [1.29, 1.82) is 0 Å². The maximum Gasteiger partial charge on any atom is 0.232 e. The van der Waals surface area contributed by atoms with Gasteiger partial charge >= 0.3 is 0 Å². The largest absolute Gasteiger partial charge is 0.454 e. The molecule has 3 aliphatic heterocycles. The fraction of sp³-hybridized carbons (Fsp3) is 0.414. The summed E-state index contributed by atoms with van der Waals surface area (Å²) in [5.74, 6) is 4.60. The van der Waals surface area contributed by atoms with E-state index in [9.17, 15) is 0 Å². The molecule has 2 N–H and O–H groups in total. The standard InChI is InChI=1S/C29H35N7O2S/c1-21-6-5-11-36(19-21)27-17-26(35-14-12-34(13-15-35)23-7-3-2-4-8-23)31-28(32-27)33-29(39)30-18-22-9-10-24-25(16-22)38-20-37-24/h2-4,7-10,16-17,21H,5-6,11-15,18-20H2,1H3,(H2,30,31,32,33,39)/t21-/m0/s1. The highest BCUT2D eigenvalue weighted by molar-refractivity contribution is 7.80. The predicted octanol–water partition coefficient (Wildman–Crippen LogP) is 4.25. The lowest BCUT2D eigenvalue weighted by Gasteiger charge is -2.37. The van der Waals surface area contributed by atoms with Crippen LogP contribution in [0.3, 0.4) is 0 Å². The molecule has 0 saturated carbocycles. The summed E-state index contributed by atoms with van der Waals surface area (Å²) in [5, 5.41) is 7.01. The molecule has 10 heteroatoms. The van der Waals surface area contributed by atoms with E-state index >= 15 is 0 Å². The highest BCUT2D eigenvalue weighted by Gasteiger charge is 2.23. The molecule has 204 valence electrons. The van der Waals surface area contributed by atoms with Crippen molar-refractivity contribution in [2.24, 2.45) is 5.92 Å². The van der Waals surface area contributed by atoms with E-state index in [-0.39, 0.29) is 6.79 Å². The molecule has 9 nitrogen and oxygen atoms in total. The van der Waals surface area contributed by atoms with E-state index in [4.69, 9.17) is 31.7 Å². The topological polar surface area (TPSA) is 78.0 Å². The highest BCUT2D eigenvalue weighted by atomic mass is 32.1. The van der Waals surface area contributed by atoms with Crippen LogP contribution in [0.25, 0.3) is 0 Å². The van der Waals surface area contributed by atoms with Crippen LogP contribution in [0.4, 0.5) is 23.3 Å². The third-order valence-electron chi connectivity index (χ3n) is 7.52. The van der Waals surface area contributed by atoms with Gasteiger partial charge in [-0.25, -0.2) is 0 Å². The molecule has 3 aliphatic rings. The summed E-state index contributed by atoms with van der Waals surface area (Å²) in [6.45, 7) is 8.83. The second kappa shape index (κ2) is 11.5. The van der Waals surface area contributed by atoms with Crippen molar-refractivity contribution in [3.8, 4) is 11.5 Å². The lowest BCUT2D eigenvalue weighted by atomic mass is 10.0. The molecule has 3 aromatic rings. The van der Waals surface area contributed by atoms with Crippen molar-refractivity contribution in [3.63, 3.8) is 0 Å². The Bertz CT molecular complexity index is 1300. The van der Waals surface area contributed by atoms with Crippen LogP contribution in [-0.4, -0.2) is 61.1 Å². The fourth-order valence-corrected chi connectivity index (χ4v) is 5.57. The monoisotopic (exact) mass is 545 g/mol. The minimum Gasteiger partial charge on any atom is -0.454 e. The predicted molar refractivity (Wildman–Crippen MR) is 159 cm³/mol. The first-order chi connectivity index (χ1) is 19.1. The maximum atomic E-state index is 5.63. The molecule has 0 spiro atoms. The number of anilines is 4. The van der Waals surface area contributed by atoms with E-state index in [2.05, 4.69) is 68.7 Å². The number of nitrogens with zero attached hydrogens (tertiary/aromatic N) is 5. The van der Waals surface area contributed by atoms with Crippen molar-refractivity contribution in [2.75, 3.05) is 66.1 Å². The van der Waals surface area contributed by atoms with Crippen LogP contribution >= 0.6 is 12.2 Å². The number of piperidine rings is 1. The van der Waals surface area contributed by atoms with Crippen LogP contribution in [0, 0.1) is 5.92 Å². The van der Waals surface area contributed by atoms with Gasteiger partial charge in [-0.3, -0.25) is 0 Å². The minimum atomic E-state index is 0.263. The normalized spacial score (nSPS) is 18.7. The van der Waals surface area contributed by atoms with Crippen LogP contribution in [0.5, 0.6) is 11.5 Å². The molecular weight excluding hydrogens is 510 g/mol. The van der Waals surface area contributed by atoms with Crippen LogP contribution in [-0.2, 0) is 6.54 Å². The van der Waals surface area contributed by atoms with Gasteiger partial charge in [0, 0.05) is 57.6 Å². The van der Waals surface area contributed by atoms with E-state index in [1.165, 1.54) is 18.5 Å². The molecule has 1 atom stereocenters. The summed E-state index contributed by atoms with van der Waals surface area (Å²) in [6.07, 6.45) is 2.43. The number of para-hydroxylation sites is 1. The van der Waals surface area contributed by atoms with Gasteiger partial charge in [0.05, 0.1) is 0 Å². The second-order valence-corrected chi connectivity index (χ2v) is 10.8. The number of nitrogens with one attached hydrogen (secondary N) is 2. The molecule has 2 aromatic carbocycles. The SMILES string of the molecule is C[C@H]1CCCN(c2cc(N3CCN(c4ccccc4)CC3)nc(NC(=S)NCc3ccc4c(c3)OCO4)n2)C1. The second-order valence-electron chi connectivity index (χ2n) is 10.4. The molecule has 0 amide bonds. The molecule has 39 heavy (non-hydrogen) atoms. The molecule has 0 aliphatic carbocycles. The molecule has 4 heterocycles. The first-order valence-corrected chi connectivity index (χ1v) is 14.1. The number of ether oxygens (including phenoxy) is 2. The van der Waals surface area contributed by atoms with Gasteiger partial charge < -0.3 is 34.8 Å². The number of hydrogen-bond acceptors (Lipinski definition) is 8. The Balaban J connectivity index is 1.15. The van der Waals surface area contributed by atoms with E-state index < -0.39 is 0 Å². The lowest BCUT2D eigenvalue weighted by Crippen LogP contribution is -2.47. The minimum absolute atomic E-state index is 0.263. The zero-order chi connectivity index (χ0) is 26.6. The Morgan fingerprint density at radius 2 is 1.64 bits per heavy atom. The number of rotatable bonds is 6. The smallest absolute Gasteiger partial charge is 0.232 e. The van der Waals surface area contributed by atoms with E-state index in [1.807, 2.05) is 18.2 Å². The maximum absolute atomic E-state index is 5.63. The van der Waals surface area contributed by atoms with E-state index in [0.717, 1.165) is 68.0 Å². The van der Waals surface area contributed by atoms with Crippen molar-refractivity contribution < 1.29 is 9.47 Å². The van der Waals surface area contributed by atoms with Gasteiger partial charge in [0.1, 0.15) is 11.6 Å². The summed E-state index contributed by atoms with van der Waals surface area (Å²) < 4.78 is 10.9. The van der Waals surface area contributed by atoms with Crippen molar-refractivity contribution in [3.05, 3.63) is 60.2 Å². The van der Waals surface area contributed by atoms with Crippen LogP contribution in [0.1, 0.15) is 25.3 Å². The third-order valence-corrected chi connectivity index (χ3v) is 7.77. The van der Waals surface area contributed by atoms with E-state index in [0.29, 0.717) is 23.5 Å². The first-order valence-electron chi connectivity index (χ1n) is 13.7. The number of hydrogen-bond donors (Lipinski definition) is 2. The average Bonchev–Trinajstić information content (AvgIpc) is 3.45. The summed E-state index contributed by atoms with van der Waals surface area (Å²) >= 11 is 5.63. The zero-order valence-electron chi connectivity index (χ0n) is 22.3. The van der Waals surface area contributed by atoms with Gasteiger partial charge in [-0.1, -0.05) is 31.2 Å². The molecule has 0 bridgehead atoms. The summed E-state index contributed by atoms with van der Waals surface area (Å²) in [7, 11) is 0. The van der Waals surface area contributed by atoms with Crippen molar-refractivity contribution in [1.82, 2.24) is 15.3 Å². The Labute approximate surface area is 235 Å². The number of thiocarbonyl (C=S) groups is 1. The van der Waals surface area contributed by atoms with Gasteiger partial charge in [-0.15, -0.1) is 0 Å². The Kier molecular flexibility index (Phi) is 7.53. The Morgan fingerprint density at radius 3 is 2.44 bits per heavy atom. The van der Waals surface area contributed by atoms with Gasteiger partial charge in [0.2, 0.25) is 12.7 Å². The van der Waals surface area contributed by atoms with Crippen LogP contribution in [0.15, 0.2) is 54.6 Å². The Morgan fingerprint density at radius 1 is 0.897 bits per heavy atom. The van der Waals surface area contributed by atoms with Gasteiger partial charge in [-0.2, -0.15) is 9.97 Å². The van der Waals surface area contributed by atoms with E-state index in [1.54, 1.807) is 0 Å². The quantitative estimate of drug-likeness (QED) is 0.439. The molecule has 2 saturated heterocycles. The number of benzene rings is 2. The number of piperazine rings is 1. The Hall–Kier alpha value is -3.79. The van der Waals surface area contributed by atoms with Crippen LogP contribution < -0.4 is 34.8 Å². The summed E-state index contributed by atoms with van der Waals surface area (Å²) in [6, 6.07) is 18.7. The van der Waals surface area contributed by atoms with Crippen molar-refractivity contribution >= 4 is 40.6 Å². The zero-order valence-corrected chi connectivity index (χ0v) is 23.1. The molecule has 0 unspecified atom stereocenters. The van der Waals surface area contributed by atoms with Gasteiger partial charge in [-0.05, 0) is 60.8 Å². The number of fused-ring (bicyclic) bond motifs is 1. The van der Waals surface area contributed by atoms with Crippen molar-refractivity contribution in [2.45, 2.75) is 26.3 Å². The highest BCUT2D eigenvalue weighted by Crippen LogP contribution is 2.32. The summed E-state index contributed by atoms with van der Waals surface area (Å²) in [4.78, 5) is 17.0. The lowest BCUT2D eigenvalue weighted by molar-refractivity contribution is 0.174. The summed E-state index contributed by atoms with van der Waals surface area (Å²) in [5.41, 5.74) is 2.32. The molecule has 2 fully saturated rings. The molecule has 0 radical (unpaired) electrons. The average molecular weight is 546 g/mol. The van der Waals surface area contributed by atoms with Gasteiger partial charge in [0.15, 0.2) is 16.6 Å². The molecular formula is C29H35N7O2S. The van der Waals surface area contributed by atoms with Crippen LogP contribution in [0.2, 0.25) is 0 Å². The third kappa shape index (κ3) is 6.11. The fourth-order valence-electron chi connectivity index (χ4n) is 5.41. The number of aromatic nitrogens is 2.